The first-order chi connectivity index (χ1) is 11.6. The van der Waals surface area contributed by atoms with E-state index < -0.39 is 5.82 Å². The van der Waals surface area contributed by atoms with E-state index in [1.165, 1.54) is 23.5 Å². The first-order valence-electron chi connectivity index (χ1n) is 7.32. The van der Waals surface area contributed by atoms with Crippen LogP contribution in [-0.4, -0.2) is 24.0 Å². The third-order valence-corrected chi connectivity index (χ3v) is 4.73. The second kappa shape index (κ2) is 7.15. The number of halogens is 2. The SMILES string of the molecule is CCN(C(=O)COc1ccc(F)cc1Cl)c1nc2ccccc2s1. The normalized spacial score (nSPS) is 10.8. The van der Waals surface area contributed by atoms with E-state index in [0.29, 0.717) is 11.7 Å². The summed E-state index contributed by atoms with van der Waals surface area (Å²) in [6.07, 6.45) is 0. The number of amides is 1. The number of anilines is 1. The molecular weight excluding hydrogens is 351 g/mol. The first-order valence-corrected chi connectivity index (χ1v) is 8.51. The van der Waals surface area contributed by atoms with Gasteiger partial charge in [-0.3, -0.25) is 9.69 Å². The lowest BCUT2D eigenvalue weighted by molar-refractivity contribution is -0.120. The van der Waals surface area contributed by atoms with Crippen LogP contribution in [-0.2, 0) is 4.79 Å². The lowest BCUT2D eigenvalue weighted by Gasteiger charge is -2.18. The Kier molecular flexibility index (Phi) is 4.97. The maximum atomic E-state index is 13.0. The van der Waals surface area contributed by atoms with Gasteiger partial charge in [0.25, 0.3) is 5.91 Å². The van der Waals surface area contributed by atoms with Gasteiger partial charge in [-0.25, -0.2) is 9.37 Å². The molecule has 0 unspecified atom stereocenters. The van der Waals surface area contributed by atoms with Crippen molar-refractivity contribution in [3.63, 3.8) is 0 Å². The topological polar surface area (TPSA) is 42.4 Å². The summed E-state index contributed by atoms with van der Waals surface area (Å²) in [6, 6.07) is 11.5. The van der Waals surface area contributed by atoms with Gasteiger partial charge in [0.1, 0.15) is 11.6 Å². The molecule has 0 atom stereocenters. The van der Waals surface area contributed by atoms with Crippen LogP contribution in [0.1, 0.15) is 6.92 Å². The Hall–Kier alpha value is -2.18. The number of fused-ring (bicyclic) bond motifs is 1. The molecule has 7 heteroatoms. The van der Waals surface area contributed by atoms with Crippen LogP contribution in [0.3, 0.4) is 0 Å². The van der Waals surface area contributed by atoms with Gasteiger partial charge in [0.15, 0.2) is 11.7 Å². The van der Waals surface area contributed by atoms with Crippen LogP contribution < -0.4 is 9.64 Å². The number of aromatic nitrogens is 1. The molecule has 1 aromatic heterocycles. The van der Waals surface area contributed by atoms with Crippen molar-refractivity contribution < 1.29 is 13.9 Å². The van der Waals surface area contributed by atoms with E-state index in [2.05, 4.69) is 4.98 Å². The monoisotopic (exact) mass is 364 g/mol. The molecule has 3 rings (SSSR count). The van der Waals surface area contributed by atoms with E-state index in [4.69, 9.17) is 16.3 Å². The highest BCUT2D eigenvalue weighted by atomic mass is 35.5. The molecule has 0 aliphatic carbocycles. The number of nitrogens with zero attached hydrogens (tertiary/aromatic N) is 2. The number of hydrogen-bond donors (Lipinski definition) is 0. The van der Waals surface area contributed by atoms with Gasteiger partial charge in [-0.2, -0.15) is 0 Å². The van der Waals surface area contributed by atoms with Crippen molar-refractivity contribution in [2.45, 2.75) is 6.92 Å². The van der Waals surface area contributed by atoms with E-state index in [9.17, 15) is 9.18 Å². The van der Waals surface area contributed by atoms with Crippen LogP contribution >= 0.6 is 22.9 Å². The lowest BCUT2D eigenvalue weighted by Crippen LogP contribution is -2.34. The zero-order valence-corrected chi connectivity index (χ0v) is 14.4. The lowest BCUT2D eigenvalue weighted by atomic mass is 10.3. The summed E-state index contributed by atoms with van der Waals surface area (Å²) in [5.41, 5.74) is 0.853. The Labute approximate surface area is 147 Å². The maximum absolute atomic E-state index is 13.0. The molecule has 2 aromatic carbocycles. The third-order valence-electron chi connectivity index (χ3n) is 3.38. The van der Waals surface area contributed by atoms with E-state index in [1.54, 1.807) is 4.90 Å². The number of para-hydroxylation sites is 1. The van der Waals surface area contributed by atoms with E-state index >= 15 is 0 Å². The summed E-state index contributed by atoms with van der Waals surface area (Å²) in [6.45, 7) is 2.14. The number of thiazole rings is 1. The maximum Gasteiger partial charge on any atom is 0.266 e. The largest absolute Gasteiger partial charge is 0.482 e. The van der Waals surface area contributed by atoms with Crippen LogP contribution in [0.4, 0.5) is 9.52 Å². The van der Waals surface area contributed by atoms with Crippen LogP contribution in [0.25, 0.3) is 10.2 Å². The average Bonchev–Trinajstić information content (AvgIpc) is 2.98. The van der Waals surface area contributed by atoms with E-state index in [0.717, 1.165) is 16.3 Å². The summed E-state index contributed by atoms with van der Waals surface area (Å²) in [7, 11) is 0. The van der Waals surface area contributed by atoms with Gasteiger partial charge in [0.05, 0.1) is 15.2 Å². The molecule has 0 bridgehead atoms. The van der Waals surface area contributed by atoms with Crippen molar-refractivity contribution in [3.05, 3.63) is 53.3 Å². The van der Waals surface area contributed by atoms with Crippen LogP contribution in [0.2, 0.25) is 5.02 Å². The second-order valence-electron chi connectivity index (χ2n) is 4.97. The Bertz CT molecular complexity index is 851. The predicted molar refractivity (Wildman–Crippen MR) is 94.6 cm³/mol. The molecule has 0 spiro atoms. The quantitative estimate of drug-likeness (QED) is 0.668. The molecule has 1 amide bonds. The fourth-order valence-electron chi connectivity index (χ4n) is 2.20. The van der Waals surface area contributed by atoms with Gasteiger partial charge in [-0.05, 0) is 37.3 Å². The molecule has 0 saturated carbocycles. The van der Waals surface area contributed by atoms with Crippen LogP contribution in [0.5, 0.6) is 5.75 Å². The second-order valence-corrected chi connectivity index (χ2v) is 6.38. The molecule has 0 N–H and O–H groups in total. The third kappa shape index (κ3) is 3.49. The molecule has 4 nitrogen and oxygen atoms in total. The van der Waals surface area contributed by atoms with Gasteiger partial charge >= 0.3 is 0 Å². The van der Waals surface area contributed by atoms with Crippen LogP contribution in [0.15, 0.2) is 42.5 Å². The minimum absolute atomic E-state index is 0.130. The van der Waals surface area contributed by atoms with Gasteiger partial charge in [-0.15, -0.1) is 0 Å². The Morgan fingerprint density at radius 2 is 2.12 bits per heavy atom. The fourth-order valence-corrected chi connectivity index (χ4v) is 3.47. The summed E-state index contributed by atoms with van der Waals surface area (Å²) in [5, 5.41) is 0.753. The van der Waals surface area contributed by atoms with Crippen molar-refractivity contribution in [2.24, 2.45) is 0 Å². The van der Waals surface area contributed by atoms with Gasteiger partial charge < -0.3 is 4.74 Å². The van der Waals surface area contributed by atoms with Crippen molar-refractivity contribution in [2.75, 3.05) is 18.1 Å². The predicted octanol–water partition coefficient (Wildman–Crippen LogP) is 4.52. The molecule has 0 saturated heterocycles. The van der Waals surface area contributed by atoms with Gasteiger partial charge in [0.2, 0.25) is 0 Å². The highest BCUT2D eigenvalue weighted by Crippen LogP contribution is 2.29. The van der Waals surface area contributed by atoms with Crippen molar-refractivity contribution >= 4 is 44.2 Å². The number of carbonyl (C=O) groups is 1. The Balaban J connectivity index is 1.74. The molecule has 0 aliphatic heterocycles. The molecule has 1 heterocycles. The minimum Gasteiger partial charge on any atom is -0.482 e. The number of benzene rings is 2. The number of carbonyl (C=O) groups excluding carboxylic acids is 1. The minimum atomic E-state index is -0.455. The van der Waals surface area contributed by atoms with Crippen molar-refractivity contribution in [3.8, 4) is 5.75 Å². The number of ether oxygens (including phenoxy) is 1. The van der Waals surface area contributed by atoms with E-state index in [1.807, 2.05) is 31.2 Å². The van der Waals surface area contributed by atoms with Crippen LogP contribution in [0, 0.1) is 5.82 Å². The Morgan fingerprint density at radius 1 is 1.33 bits per heavy atom. The number of rotatable bonds is 5. The summed E-state index contributed by atoms with van der Waals surface area (Å²) < 4.78 is 19.5. The number of likely N-dealkylation sites (N-methyl/N-ethyl adjacent to an activating group) is 1. The first kappa shape index (κ1) is 16.7. The molecule has 0 aliphatic rings. The van der Waals surface area contributed by atoms with Gasteiger partial charge in [0, 0.05) is 6.54 Å². The highest BCUT2D eigenvalue weighted by molar-refractivity contribution is 7.22. The van der Waals surface area contributed by atoms with E-state index in [-0.39, 0.29) is 23.3 Å². The Morgan fingerprint density at radius 3 is 2.83 bits per heavy atom. The zero-order chi connectivity index (χ0) is 17.1. The fraction of sp³-hybridized carbons (Fsp3) is 0.176. The average molecular weight is 365 g/mol. The summed E-state index contributed by atoms with van der Waals surface area (Å²) in [5.74, 6) is -0.424. The standard InChI is InChI=1S/C17H14ClFN2O2S/c1-2-21(17-20-13-5-3-4-6-15(13)24-17)16(22)10-23-14-8-7-11(19)9-12(14)18/h3-9H,2,10H2,1H3. The van der Waals surface area contributed by atoms with Crippen molar-refractivity contribution in [1.82, 2.24) is 4.98 Å². The molecule has 0 fully saturated rings. The van der Waals surface area contributed by atoms with Crippen molar-refractivity contribution in [1.29, 1.82) is 0 Å². The molecule has 24 heavy (non-hydrogen) atoms. The summed E-state index contributed by atoms with van der Waals surface area (Å²) in [4.78, 5) is 18.5. The van der Waals surface area contributed by atoms with Gasteiger partial charge in [-0.1, -0.05) is 35.1 Å². The molecule has 0 radical (unpaired) electrons. The summed E-state index contributed by atoms with van der Waals surface area (Å²) >= 11 is 7.34. The molecule has 3 aromatic rings. The molecular formula is C17H14ClFN2O2S. The highest BCUT2D eigenvalue weighted by Gasteiger charge is 2.19. The zero-order valence-electron chi connectivity index (χ0n) is 12.8. The number of hydrogen-bond acceptors (Lipinski definition) is 4. The molecule has 124 valence electrons. The smallest absolute Gasteiger partial charge is 0.266 e.